The Kier molecular flexibility index (Phi) is 4.99. The predicted molar refractivity (Wildman–Crippen MR) is 79.4 cm³/mol. The van der Waals surface area contributed by atoms with E-state index in [-0.39, 0.29) is 6.04 Å². The molecule has 1 aliphatic rings. The zero-order valence-electron chi connectivity index (χ0n) is 12.3. The summed E-state index contributed by atoms with van der Waals surface area (Å²) in [6, 6.07) is 8.03. The number of piperidine rings is 1. The highest BCUT2D eigenvalue weighted by Crippen LogP contribution is 2.25. The number of ether oxygens (including phenoxy) is 1. The minimum absolute atomic E-state index is 0.241. The molecule has 0 amide bonds. The quantitative estimate of drug-likeness (QED) is 0.913. The van der Waals surface area contributed by atoms with E-state index in [2.05, 4.69) is 17.9 Å². The maximum absolute atomic E-state index is 9.03. The Morgan fingerprint density at radius 2 is 2.35 bits per heavy atom. The Labute approximate surface area is 121 Å². The van der Waals surface area contributed by atoms with Crippen molar-refractivity contribution in [2.45, 2.75) is 32.4 Å². The number of rotatable bonds is 4. The molecule has 0 saturated carbocycles. The van der Waals surface area contributed by atoms with Crippen molar-refractivity contribution in [3.8, 4) is 11.8 Å². The van der Waals surface area contributed by atoms with E-state index in [9.17, 15) is 0 Å². The third-order valence-corrected chi connectivity index (χ3v) is 4.09. The molecule has 0 aromatic heterocycles. The van der Waals surface area contributed by atoms with Crippen molar-refractivity contribution in [2.75, 3.05) is 20.2 Å². The van der Waals surface area contributed by atoms with E-state index >= 15 is 0 Å². The average molecular weight is 273 g/mol. The van der Waals surface area contributed by atoms with Gasteiger partial charge in [-0.3, -0.25) is 4.90 Å². The molecule has 2 unspecified atom stereocenters. The Morgan fingerprint density at radius 1 is 1.55 bits per heavy atom. The van der Waals surface area contributed by atoms with Crippen molar-refractivity contribution in [2.24, 2.45) is 11.7 Å². The van der Waals surface area contributed by atoms with Crippen molar-refractivity contribution in [1.82, 2.24) is 4.90 Å². The van der Waals surface area contributed by atoms with Gasteiger partial charge in [-0.15, -0.1) is 0 Å². The van der Waals surface area contributed by atoms with Gasteiger partial charge in [0.2, 0.25) is 0 Å². The number of methoxy groups -OCH3 is 1. The van der Waals surface area contributed by atoms with E-state index in [0.29, 0.717) is 11.5 Å². The fraction of sp³-hybridized carbons (Fsp3) is 0.562. The summed E-state index contributed by atoms with van der Waals surface area (Å²) in [6.45, 7) is 5.02. The number of benzene rings is 1. The van der Waals surface area contributed by atoms with Crippen LogP contribution in [0.25, 0.3) is 0 Å². The number of nitrogens with two attached hydrogens (primary N) is 1. The van der Waals surface area contributed by atoms with Gasteiger partial charge in [0.05, 0.1) is 18.7 Å². The van der Waals surface area contributed by atoms with Crippen LogP contribution in [0.1, 0.15) is 30.9 Å². The van der Waals surface area contributed by atoms with Gasteiger partial charge in [-0.05, 0) is 50.4 Å². The third-order valence-electron chi connectivity index (χ3n) is 4.09. The monoisotopic (exact) mass is 273 g/mol. The third kappa shape index (κ3) is 3.50. The molecule has 2 atom stereocenters. The van der Waals surface area contributed by atoms with E-state index in [1.807, 2.05) is 12.1 Å². The minimum atomic E-state index is 0.241. The van der Waals surface area contributed by atoms with Gasteiger partial charge in [0, 0.05) is 24.7 Å². The summed E-state index contributed by atoms with van der Waals surface area (Å²) >= 11 is 0. The molecule has 0 spiro atoms. The standard InChI is InChI=1S/C16H23N3O/c1-12(18)14-4-3-7-19(10-14)11-15-8-13(9-17)5-6-16(15)20-2/h5-6,8,12,14H,3-4,7,10-11,18H2,1-2H3. The summed E-state index contributed by atoms with van der Waals surface area (Å²) in [7, 11) is 1.67. The fourth-order valence-corrected chi connectivity index (χ4v) is 2.88. The molecule has 0 radical (unpaired) electrons. The molecule has 20 heavy (non-hydrogen) atoms. The van der Waals surface area contributed by atoms with Crippen LogP contribution in [0.3, 0.4) is 0 Å². The zero-order valence-corrected chi connectivity index (χ0v) is 12.3. The Bertz CT molecular complexity index is 493. The molecule has 1 saturated heterocycles. The first-order valence-electron chi connectivity index (χ1n) is 7.19. The van der Waals surface area contributed by atoms with Gasteiger partial charge in [0.1, 0.15) is 5.75 Å². The van der Waals surface area contributed by atoms with Crippen molar-refractivity contribution in [3.63, 3.8) is 0 Å². The number of likely N-dealkylation sites (tertiary alicyclic amines) is 1. The molecule has 0 aliphatic carbocycles. The van der Waals surface area contributed by atoms with E-state index in [1.165, 1.54) is 12.8 Å². The highest BCUT2D eigenvalue weighted by Gasteiger charge is 2.23. The number of hydrogen-bond donors (Lipinski definition) is 1. The maximum atomic E-state index is 9.03. The van der Waals surface area contributed by atoms with Crippen molar-refractivity contribution in [3.05, 3.63) is 29.3 Å². The van der Waals surface area contributed by atoms with Gasteiger partial charge < -0.3 is 10.5 Å². The summed E-state index contributed by atoms with van der Waals surface area (Å²) < 4.78 is 5.40. The van der Waals surface area contributed by atoms with E-state index in [0.717, 1.165) is 30.9 Å². The number of nitriles is 1. The van der Waals surface area contributed by atoms with Gasteiger partial charge in [-0.1, -0.05) is 0 Å². The lowest BCUT2D eigenvalue weighted by molar-refractivity contribution is 0.153. The molecule has 2 N–H and O–H groups in total. The lowest BCUT2D eigenvalue weighted by Crippen LogP contribution is -2.41. The number of hydrogen-bond acceptors (Lipinski definition) is 4. The maximum Gasteiger partial charge on any atom is 0.123 e. The first kappa shape index (κ1) is 14.8. The predicted octanol–water partition coefficient (Wildman–Crippen LogP) is 2.13. The second-order valence-corrected chi connectivity index (χ2v) is 5.63. The summed E-state index contributed by atoms with van der Waals surface area (Å²) in [5.74, 6) is 1.42. The van der Waals surface area contributed by atoms with E-state index in [1.54, 1.807) is 13.2 Å². The first-order valence-corrected chi connectivity index (χ1v) is 7.19. The summed E-state index contributed by atoms with van der Waals surface area (Å²) in [4.78, 5) is 2.41. The lowest BCUT2D eigenvalue weighted by atomic mass is 9.92. The molecule has 1 heterocycles. The summed E-state index contributed by atoms with van der Waals surface area (Å²) in [5.41, 5.74) is 7.79. The minimum Gasteiger partial charge on any atom is -0.496 e. The molecular weight excluding hydrogens is 250 g/mol. The molecule has 1 aromatic carbocycles. The van der Waals surface area contributed by atoms with Crippen LogP contribution in [0.15, 0.2) is 18.2 Å². The van der Waals surface area contributed by atoms with Crippen LogP contribution < -0.4 is 10.5 Å². The fourth-order valence-electron chi connectivity index (χ4n) is 2.88. The van der Waals surface area contributed by atoms with Crippen LogP contribution >= 0.6 is 0 Å². The molecule has 4 nitrogen and oxygen atoms in total. The van der Waals surface area contributed by atoms with Gasteiger partial charge in [-0.25, -0.2) is 0 Å². The van der Waals surface area contributed by atoms with Crippen LogP contribution in [-0.2, 0) is 6.54 Å². The average Bonchev–Trinajstić information content (AvgIpc) is 2.47. The van der Waals surface area contributed by atoms with Crippen molar-refractivity contribution >= 4 is 0 Å². The molecule has 0 bridgehead atoms. The molecule has 1 aromatic rings. The topological polar surface area (TPSA) is 62.3 Å². The first-order chi connectivity index (χ1) is 9.63. The normalized spacial score (nSPS) is 21.2. The van der Waals surface area contributed by atoms with Gasteiger partial charge >= 0.3 is 0 Å². The second kappa shape index (κ2) is 6.74. The molecule has 2 rings (SSSR count). The number of nitrogens with zero attached hydrogens (tertiary/aromatic N) is 2. The van der Waals surface area contributed by atoms with Gasteiger partial charge in [0.15, 0.2) is 0 Å². The SMILES string of the molecule is COc1ccc(C#N)cc1CN1CCCC(C(C)N)C1. The molecular formula is C16H23N3O. The van der Waals surface area contributed by atoms with Crippen LogP contribution in [0.4, 0.5) is 0 Å². The van der Waals surface area contributed by atoms with E-state index < -0.39 is 0 Å². The van der Waals surface area contributed by atoms with Crippen LogP contribution in [0, 0.1) is 17.2 Å². The van der Waals surface area contributed by atoms with E-state index in [4.69, 9.17) is 15.7 Å². The molecule has 1 aliphatic heterocycles. The second-order valence-electron chi connectivity index (χ2n) is 5.63. The molecule has 108 valence electrons. The van der Waals surface area contributed by atoms with Crippen LogP contribution in [0.2, 0.25) is 0 Å². The Hall–Kier alpha value is -1.57. The van der Waals surface area contributed by atoms with Crippen LogP contribution in [-0.4, -0.2) is 31.1 Å². The molecule has 4 heteroatoms. The van der Waals surface area contributed by atoms with Crippen LogP contribution in [0.5, 0.6) is 5.75 Å². The zero-order chi connectivity index (χ0) is 14.5. The smallest absolute Gasteiger partial charge is 0.123 e. The Balaban J connectivity index is 2.11. The highest BCUT2D eigenvalue weighted by molar-refractivity contribution is 5.42. The largest absolute Gasteiger partial charge is 0.496 e. The Morgan fingerprint density at radius 3 is 3.00 bits per heavy atom. The lowest BCUT2D eigenvalue weighted by Gasteiger charge is -2.34. The van der Waals surface area contributed by atoms with Gasteiger partial charge in [0.25, 0.3) is 0 Å². The highest BCUT2D eigenvalue weighted by atomic mass is 16.5. The summed E-state index contributed by atoms with van der Waals surface area (Å²) in [5, 5.41) is 9.03. The van der Waals surface area contributed by atoms with Crippen molar-refractivity contribution < 1.29 is 4.74 Å². The molecule has 1 fully saturated rings. The summed E-state index contributed by atoms with van der Waals surface area (Å²) in [6.07, 6.45) is 2.40. The van der Waals surface area contributed by atoms with Gasteiger partial charge in [-0.2, -0.15) is 5.26 Å². The van der Waals surface area contributed by atoms with Crippen molar-refractivity contribution in [1.29, 1.82) is 5.26 Å².